The van der Waals surface area contributed by atoms with Crippen LogP contribution >= 0.6 is 11.3 Å². The van der Waals surface area contributed by atoms with Crippen molar-refractivity contribution >= 4 is 35.5 Å². The summed E-state index contributed by atoms with van der Waals surface area (Å²) in [6.45, 7) is 8.06. The van der Waals surface area contributed by atoms with Crippen LogP contribution in [-0.4, -0.2) is 85.3 Å². The summed E-state index contributed by atoms with van der Waals surface area (Å²) in [4.78, 5) is 36.8. The number of rotatable bonds is 7. The van der Waals surface area contributed by atoms with E-state index in [1.807, 2.05) is 50.4 Å². The molecule has 234 valence electrons. The van der Waals surface area contributed by atoms with E-state index in [1.165, 1.54) is 24.5 Å². The summed E-state index contributed by atoms with van der Waals surface area (Å²) in [5.74, 6) is 0.341. The van der Waals surface area contributed by atoms with Gasteiger partial charge < -0.3 is 9.64 Å². The Morgan fingerprint density at radius 3 is 2.48 bits per heavy atom. The Morgan fingerprint density at radius 1 is 1.20 bits per heavy atom. The molecule has 2 aliphatic heterocycles. The molecule has 9 nitrogen and oxygen atoms in total. The second-order valence-corrected chi connectivity index (χ2v) is 12.1. The van der Waals surface area contributed by atoms with E-state index in [4.69, 9.17) is 4.74 Å². The largest absolute Gasteiger partial charge is 0.486 e. The third-order valence-electron chi connectivity index (χ3n) is 7.93. The molecule has 12 heteroatoms. The molecule has 2 aliphatic rings. The number of Topliss-reactive ketones (excluding diaryl/α,β-unsaturated/α-hetero) is 1. The SMILES string of the molecule is C=NN(C)C(NC)c1ccc2c(c1)C(=O)CC1(CCN(C(=O)c3cc(C(=NC)C(F)F)c(C)s3)CC1)O2.Cc1ccccn1. The van der Waals surface area contributed by atoms with Crippen LogP contribution in [0.1, 0.15) is 67.2 Å². The number of hydrogen-bond donors (Lipinski definition) is 1. The number of carbonyl (C=O) groups excluding carboxylic acids is 2. The number of aromatic nitrogens is 1. The lowest BCUT2D eigenvalue weighted by molar-refractivity contribution is -0.00565. The minimum Gasteiger partial charge on any atom is -0.486 e. The lowest BCUT2D eigenvalue weighted by Gasteiger charge is -2.44. The van der Waals surface area contributed by atoms with Gasteiger partial charge in [-0.15, -0.1) is 11.3 Å². The minimum atomic E-state index is -2.71. The van der Waals surface area contributed by atoms with Gasteiger partial charge in [-0.25, -0.2) is 8.78 Å². The number of aliphatic imine (C=N–C) groups is 1. The van der Waals surface area contributed by atoms with E-state index in [2.05, 4.69) is 27.1 Å². The van der Waals surface area contributed by atoms with Gasteiger partial charge in [0.15, 0.2) is 5.78 Å². The summed E-state index contributed by atoms with van der Waals surface area (Å²) in [6.07, 6.45) is 0.0867. The molecule has 4 heterocycles. The van der Waals surface area contributed by atoms with Crippen molar-refractivity contribution in [2.24, 2.45) is 10.1 Å². The predicted molar refractivity (Wildman–Crippen MR) is 169 cm³/mol. The number of ketones is 1. The van der Waals surface area contributed by atoms with E-state index in [1.54, 1.807) is 30.1 Å². The molecule has 1 aromatic carbocycles. The molecule has 0 radical (unpaired) electrons. The first-order valence-electron chi connectivity index (χ1n) is 14.3. The molecule has 1 unspecified atom stereocenters. The van der Waals surface area contributed by atoms with Crippen LogP contribution in [0, 0.1) is 13.8 Å². The lowest BCUT2D eigenvalue weighted by Crippen LogP contribution is -2.52. The molecular weight excluding hydrogens is 586 g/mol. The number of likely N-dealkylation sites (tertiary alicyclic amines) is 1. The number of thiophene rings is 1. The number of halogens is 2. The summed E-state index contributed by atoms with van der Waals surface area (Å²) in [5, 5.41) is 8.77. The van der Waals surface area contributed by atoms with Gasteiger partial charge in [-0.3, -0.25) is 29.9 Å². The average Bonchev–Trinajstić information content (AvgIpc) is 3.39. The quantitative estimate of drug-likeness (QED) is 0.211. The molecule has 3 aromatic rings. The number of carbonyl (C=O) groups is 2. The van der Waals surface area contributed by atoms with Gasteiger partial charge in [0.25, 0.3) is 12.3 Å². The normalized spacial score (nSPS) is 16.5. The van der Waals surface area contributed by atoms with E-state index in [9.17, 15) is 18.4 Å². The molecule has 0 saturated carbocycles. The van der Waals surface area contributed by atoms with Gasteiger partial charge in [-0.2, -0.15) is 5.10 Å². The zero-order valence-corrected chi connectivity index (χ0v) is 26.5. The molecule has 1 spiro atoms. The van der Waals surface area contributed by atoms with E-state index in [0.717, 1.165) is 11.3 Å². The zero-order chi connectivity index (χ0) is 32.0. The standard InChI is InChI=1S/C26H31F2N5O3S.C6H7N/c1-15-17(22(29-2)23(27)28)13-21(37-15)25(35)33-10-8-26(9-11-33)14-19(34)18-12-16(6-7-20(18)36-26)24(30-3)32(5)31-4;1-6-4-2-3-5-7-6/h6-7,12-13,23-24,30H,4,8-11,14H2,1-3,5H3;2-5H,1H3. The van der Waals surface area contributed by atoms with Crippen LogP contribution in [0.5, 0.6) is 5.75 Å². The highest BCUT2D eigenvalue weighted by molar-refractivity contribution is 7.14. The van der Waals surface area contributed by atoms with Crippen LogP contribution in [0.15, 0.2) is 58.8 Å². The molecule has 1 saturated heterocycles. The minimum absolute atomic E-state index is 0.00356. The molecular formula is C32H38F2N6O3S. The first-order valence-corrected chi connectivity index (χ1v) is 15.1. The highest BCUT2D eigenvalue weighted by atomic mass is 32.1. The van der Waals surface area contributed by atoms with E-state index in [0.29, 0.717) is 52.6 Å². The Bertz CT molecular complexity index is 1520. The molecule has 1 N–H and O–H groups in total. The highest BCUT2D eigenvalue weighted by Crippen LogP contribution is 2.41. The number of ether oxygens (including phenoxy) is 1. The molecule has 5 rings (SSSR count). The number of benzene rings is 1. The molecule has 2 aromatic heterocycles. The third-order valence-corrected chi connectivity index (χ3v) is 8.96. The van der Waals surface area contributed by atoms with Crippen molar-refractivity contribution in [3.63, 3.8) is 0 Å². The summed E-state index contributed by atoms with van der Waals surface area (Å²) < 4.78 is 33.0. The maximum absolute atomic E-state index is 13.3. The van der Waals surface area contributed by atoms with Crippen molar-refractivity contribution in [3.05, 3.63) is 80.8 Å². The summed E-state index contributed by atoms with van der Waals surface area (Å²) in [7, 11) is 4.93. The van der Waals surface area contributed by atoms with Gasteiger partial charge in [0.1, 0.15) is 23.2 Å². The molecule has 1 atom stereocenters. The number of fused-ring (bicyclic) bond motifs is 1. The number of nitrogens with one attached hydrogen (secondary N) is 1. The lowest BCUT2D eigenvalue weighted by atomic mass is 9.82. The first kappa shape index (κ1) is 32.9. The van der Waals surface area contributed by atoms with Gasteiger partial charge in [0.05, 0.1) is 16.9 Å². The van der Waals surface area contributed by atoms with E-state index >= 15 is 0 Å². The second-order valence-electron chi connectivity index (χ2n) is 10.8. The number of alkyl halides is 2. The van der Waals surface area contributed by atoms with Crippen LogP contribution < -0.4 is 10.1 Å². The van der Waals surface area contributed by atoms with E-state index < -0.39 is 12.0 Å². The number of hydrogen-bond acceptors (Lipinski definition) is 9. The van der Waals surface area contributed by atoms with Crippen molar-refractivity contribution in [1.82, 2.24) is 20.2 Å². The molecule has 1 amide bonds. The third kappa shape index (κ3) is 7.19. The fourth-order valence-corrected chi connectivity index (χ4v) is 6.51. The second kappa shape index (κ2) is 14.2. The Balaban J connectivity index is 0.000000555. The van der Waals surface area contributed by atoms with Crippen LogP contribution in [0.4, 0.5) is 8.78 Å². The van der Waals surface area contributed by atoms with Gasteiger partial charge >= 0.3 is 0 Å². The smallest absolute Gasteiger partial charge is 0.280 e. The average molecular weight is 625 g/mol. The predicted octanol–water partition coefficient (Wildman–Crippen LogP) is 5.54. The topological polar surface area (TPSA) is 99.5 Å². The van der Waals surface area contributed by atoms with Crippen LogP contribution in [-0.2, 0) is 0 Å². The van der Waals surface area contributed by atoms with Crippen LogP contribution in [0.3, 0.4) is 0 Å². The Morgan fingerprint density at radius 2 is 1.93 bits per heavy atom. The van der Waals surface area contributed by atoms with Crippen molar-refractivity contribution < 1.29 is 23.1 Å². The van der Waals surface area contributed by atoms with Crippen LogP contribution in [0.2, 0.25) is 0 Å². The number of amides is 1. The van der Waals surface area contributed by atoms with Crippen molar-refractivity contribution in [1.29, 1.82) is 0 Å². The van der Waals surface area contributed by atoms with Crippen molar-refractivity contribution in [2.75, 3.05) is 34.2 Å². The van der Waals surface area contributed by atoms with Crippen molar-refractivity contribution in [3.8, 4) is 5.75 Å². The fraction of sp³-hybridized carbons (Fsp3) is 0.406. The highest BCUT2D eigenvalue weighted by Gasteiger charge is 2.44. The fourth-order valence-electron chi connectivity index (χ4n) is 5.51. The Hall–Kier alpha value is -4.03. The van der Waals surface area contributed by atoms with Crippen LogP contribution in [0.25, 0.3) is 0 Å². The van der Waals surface area contributed by atoms with Gasteiger partial charge in [-0.05, 0) is 56.8 Å². The number of piperidine rings is 1. The number of hydrazone groups is 1. The molecule has 1 fully saturated rings. The number of nitrogens with zero attached hydrogens (tertiary/aromatic N) is 5. The van der Waals surface area contributed by atoms with Crippen molar-refractivity contribution in [2.45, 2.75) is 51.3 Å². The summed E-state index contributed by atoms with van der Waals surface area (Å²) in [6, 6.07) is 12.9. The number of aryl methyl sites for hydroxylation is 2. The summed E-state index contributed by atoms with van der Waals surface area (Å²) >= 11 is 1.19. The van der Waals surface area contributed by atoms with Gasteiger partial charge in [0, 0.05) is 69.1 Å². The summed E-state index contributed by atoms with van der Waals surface area (Å²) in [5.41, 5.74) is 1.81. The Kier molecular flexibility index (Phi) is 10.6. The Labute approximate surface area is 260 Å². The number of pyridine rings is 1. The molecule has 44 heavy (non-hydrogen) atoms. The van der Waals surface area contributed by atoms with Gasteiger partial charge in [0.2, 0.25) is 0 Å². The van der Waals surface area contributed by atoms with Gasteiger partial charge in [-0.1, -0.05) is 12.1 Å². The molecule has 0 aliphatic carbocycles. The maximum atomic E-state index is 13.3. The molecule has 0 bridgehead atoms. The zero-order valence-electron chi connectivity index (χ0n) is 25.6. The van der Waals surface area contributed by atoms with E-state index in [-0.39, 0.29) is 30.0 Å². The first-order chi connectivity index (χ1) is 21.0. The monoisotopic (exact) mass is 624 g/mol. The maximum Gasteiger partial charge on any atom is 0.280 e.